The predicted octanol–water partition coefficient (Wildman–Crippen LogP) is 4.39. The highest BCUT2D eigenvalue weighted by atomic mass is 35.5. The number of nitrogens with one attached hydrogen (secondary N) is 2. The maximum atomic E-state index is 12.5. The summed E-state index contributed by atoms with van der Waals surface area (Å²) in [7, 11) is -3.81. The van der Waals surface area contributed by atoms with Gasteiger partial charge in [-0.25, -0.2) is 8.42 Å². The number of sulfonamides is 1. The first-order valence-electron chi connectivity index (χ1n) is 7.69. The lowest BCUT2D eigenvalue weighted by atomic mass is 10.2. The second-order valence-corrected chi connectivity index (χ2v) is 7.52. The van der Waals surface area contributed by atoms with Crippen LogP contribution in [0.25, 0.3) is 0 Å². The number of carbonyl (C=O) groups is 1. The molecule has 5 nitrogen and oxygen atoms in total. The molecule has 0 radical (unpaired) electrons. The molecule has 0 aliphatic carbocycles. The third-order valence-electron chi connectivity index (χ3n) is 3.55. The first-order valence-corrected chi connectivity index (χ1v) is 9.56. The molecule has 0 saturated heterocycles. The SMILES string of the molecule is O=C(Nc1ccccc1Cl)c1cccc(S(=O)(=O)Nc2ccccc2)c1. The van der Waals surface area contributed by atoms with Crippen LogP contribution in [-0.4, -0.2) is 14.3 Å². The van der Waals surface area contributed by atoms with Crippen LogP contribution in [0.15, 0.2) is 83.8 Å². The van der Waals surface area contributed by atoms with Crippen LogP contribution in [0, 0.1) is 0 Å². The van der Waals surface area contributed by atoms with Crippen molar-refractivity contribution in [3.8, 4) is 0 Å². The van der Waals surface area contributed by atoms with Crippen molar-refractivity contribution in [2.24, 2.45) is 0 Å². The Bertz CT molecular complexity index is 1040. The predicted molar refractivity (Wildman–Crippen MR) is 103 cm³/mol. The fraction of sp³-hybridized carbons (Fsp3) is 0. The number of hydrogen-bond acceptors (Lipinski definition) is 3. The fourth-order valence-electron chi connectivity index (χ4n) is 2.28. The minimum absolute atomic E-state index is 0.00633. The number of rotatable bonds is 5. The lowest BCUT2D eigenvalue weighted by Crippen LogP contribution is -2.16. The molecule has 0 fully saturated rings. The van der Waals surface area contributed by atoms with E-state index in [1.54, 1.807) is 54.6 Å². The second-order valence-electron chi connectivity index (χ2n) is 5.43. The first-order chi connectivity index (χ1) is 12.5. The Kier molecular flexibility index (Phi) is 5.25. The number of halogens is 1. The Labute approximate surface area is 156 Å². The van der Waals surface area contributed by atoms with E-state index in [1.165, 1.54) is 24.3 Å². The van der Waals surface area contributed by atoms with Gasteiger partial charge in [0.05, 0.1) is 15.6 Å². The quantitative estimate of drug-likeness (QED) is 0.682. The van der Waals surface area contributed by atoms with E-state index in [1.807, 2.05) is 0 Å². The van der Waals surface area contributed by atoms with Crippen LogP contribution in [0.3, 0.4) is 0 Å². The Balaban J connectivity index is 1.83. The van der Waals surface area contributed by atoms with Gasteiger partial charge in [0.1, 0.15) is 0 Å². The van der Waals surface area contributed by atoms with Crippen molar-refractivity contribution in [1.82, 2.24) is 0 Å². The highest BCUT2D eigenvalue weighted by molar-refractivity contribution is 7.92. The van der Waals surface area contributed by atoms with Crippen molar-refractivity contribution in [3.05, 3.63) is 89.4 Å². The van der Waals surface area contributed by atoms with Gasteiger partial charge in [0.15, 0.2) is 0 Å². The van der Waals surface area contributed by atoms with E-state index in [2.05, 4.69) is 10.0 Å². The van der Waals surface area contributed by atoms with Gasteiger partial charge in [-0.1, -0.05) is 48.0 Å². The molecule has 7 heteroatoms. The lowest BCUT2D eigenvalue weighted by molar-refractivity contribution is 0.102. The summed E-state index contributed by atoms with van der Waals surface area (Å²) in [4.78, 5) is 12.4. The van der Waals surface area contributed by atoms with E-state index < -0.39 is 15.9 Å². The monoisotopic (exact) mass is 386 g/mol. The summed E-state index contributed by atoms with van der Waals surface area (Å²) in [6, 6.07) is 21.1. The Morgan fingerprint density at radius 1 is 0.846 bits per heavy atom. The molecule has 3 aromatic rings. The van der Waals surface area contributed by atoms with Crippen LogP contribution in [0.5, 0.6) is 0 Å². The van der Waals surface area contributed by atoms with Crippen molar-refractivity contribution in [1.29, 1.82) is 0 Å². The van der Waals surface area contributed by atoms with Gasteiger partial charge in [-0.3, -0.25) is 9.52 Å². The van der Waals surface area contributed by atoms with Crippen molar-refractivity contribution >= 4 is 38.9 Å². The van der Waals surface area contributed by atoms with Crippen molar-refractivity contribution in [2.45, 2.75) is 4.90 Å². The zero-order valence-corrected chi connectivity index (χ0v) is 15.1. The molecule has 0 spiro atoms. The molecule has 132 valence electrons. The highest BCUT2D eigenvalue weighted by Gasteiger charge is 2.17. The second kappa shape index (κ2) is 7.59. The van der Waals surface area contributed by atoms with E-state index in [-0.39, 0.29) is 10.5 Å². The van der Waals surface area contributed by atoms with Crippen LogP contribution in [0.1, 0.15) is 10.4 Å². The van der Waals surface area contributed by atoms with Crippen LogP contribution in [0.2, 0.25) is 5.02 Å². The van der Waals surface area contributed by atoms with E-state index in [4.69, 9.17) is 11.6 Å². The van der Waals surface area contributed by atoms with Crippen molar-refractivity contribution < 1.29 is 13.2 Å². The van der Waals surface area contributed by atoms with E-state index in [0.29, 0.717) is 16.4 Å². The molecule has 0 aromatic heterocycles. The minimum Gasteiger partial charge on any atom is -0.321 e. The molecule has 0 unspecified atom stereocenters. The Morgan fingerprint density at radius 3 is 2.27 bits per heavy atom. The van der Waals surface area contributed by atoms with Gasteiger partial charge < -0.3 is 5.32 Å². The van der Waals surface area contributed by atoms with E-state index in [9.17, 15) is 13.2 Å². The largest absolute Gasteiger partial charge is 0.321 e. The first kappa shape index (κ1) is 18.0. The van der Waals surface area contributed by atoms with Crippen LogP contribution >= 0.6 is 11.6 Å². The normalized spacial score (nSPS) is 11.0. The number of carbonyl (C=O) groups excluding carboxylic acids is 1. The number of hydrogen-bond donors (Lipinski definition) is 2. The van der Waals surface area contributed by atoms with Gasteiger partial charge in [-0.05, 0) is 42.5 Å². The molecule has 3 aromatic carbocycles. The summed E-state index contributed by atoms with van der Waals surface area (Å²) >= 11 is 6.03. The van der Waals surface area contributed by atoms with Gasteiger partial charge in [0.25, 0.3) is 15.9 Å². The molecule has 26 heavy (non-hydrogen) atoms. The summed E-state index contributed by atoms with van der Waals surface area (Å²) in [5.41, 5.74) is 1.11. The average molecular weight is 387 g/mol. The summed E-state index contributed by atoms with van der Waals surface area (Å²) in [5.74, 6) is -0.449. The lowest BCUT2D eigenvalue weighted by Gasteiger charge is -2.10. The number of para-hydroxylation sites is 2. The number of benzene rings is 3. The van der Waals surface area contributed by atoms with E-state index >= 15 is 0 Å². The van der Waals surface area contributed by atoms with Gasteiger partial charge in [0, 0.05) is 11.3 Å². The Morgan fingerprint density at radius 2 is 1.54 bits per heavy atom. The molecule has 2 N–H and O–H groups in total. The molecular weight excluding hydrogens is 372 g/mol. The Hall–Kier alpha value is -2.83. The third-order valence-corrected chi connectivity index (χ3v) is 5.26. The molecule has 3 rings (SSSR count). The van der Waals surface area contributed by atoms with Crippen molar-refractivity contribution in [3.63, 3.8) is 0 Å². The summed E-state index contributed by atoms with van der Waals surface area (Å²) in [6.45, 7) is 0. The molecule has 0 aliphatic heterocycles. The fourth-order valence-corrected chi connectivity index (χ4v) is 3.57. The topological polar surface area (TPSA) is 75.3 Å². The van der Waals surface area contributed by atoms with Gasteiger partial charge in [-0.15, -0.1) is 0 Å². The highest BCUT2D eigenvalue weighted by Crippen LogP contribution is 2.22. The van der Waals surface area contributed by atoms with Gasteiger partial charge in [0.2, 0.25) is 0 Å². The van der Waals surface area contributed by atoms with E-state index in [0.717, 1.165) is 0 Å². The third kappa shape index (κ3) is 4.22. The minimum atomic E-state index is -3.81. The maximum Gasteiger partial charge on any atom is 0.261 e. The van der Waals surface area contributed by atoms with Gasteiger partial charge in [-0.2, -0.15) is 0 Å². The molecule has 1 amide bonds. The number of anilines is 2. The zero-order valence-electron chi connectivity index (χ0n) is 13.5. The standard InChI is InChI=1S/C19H15ClN2O3S/c20-17-11-4-5-12-18(17)21-19(23)14-7-6-10-16(13-14)26(24,25)22-15-8-2-1-3-9-15/h1-13,22H,(H,21,23). The average Bonchev–Trinajstić information content (AvgIpc) is 2.64. The molecule has 0 bridgehead atoms. The summed E-state index contributed by atoms with van der Waals surface area (Å²) < 4.78 is 27.5. The van der Waals surface area contributed by atoms with Crippen LogP contribution in [-0.2, 0) is 10.0 Å². The molecule has 0 heterocycles. The molecular formula is C19H15ClN2O3S. The van der Waals surface area contributed by atoms with Gasteiger partial charge >= 0.3 is 0 Å². The van der Waals surface area contributed by atoms with Crippen molar-refractivity contribution in [2.75, 3.05) is 10.0 Å². The molecule has 0 atom stereocenters. The number of amides is 1. The summed E-state index contributed by atoms with van der Waals surface area (Å²) in [6.07, 6.45) is 0. The van der Waals surface area contributed by atoms with Crippen LogP contribution < -0.4 is 10.0 Å². The van der Waals surface area contributed by atoms with Crippen LogP contribution in [0.4, 0.5) is 11.4 Å². The zero-order chi connectivity index (χ0) is 18.6. The summed E-state index contributed by atoms with van der Waals surface area (Å²) in [5, 5.41) is 3.07. The molecule has 0 aliphatic rings. The smallest absolute Gasteiger partial charge is 0.261 e. The maximum absolute atomic E-state index is 12.5. The molecule has 0 saturated carbocycles.